The second-order valence-electron chi connectivity index (χ2n) is 4.94. The summed E-state index contributed by atoms with van der Waals surface area (Å²) in [6.45, 7) is 3.72. The van der Waals surface area contributed by atoms with Gasteiger partial charge in [-0.15, -0.1) is 0 Å². The summed E-state index contributed by atoms with van der Waals surface area (Å²) in [5.41, 5.74) is 0.460. The Labute approximate surface area is 126 Å². The summed E-state index contributed by atoms with van der Waals surface area (Å²) < 4.78 is 30.1. The molecule has 0 aliphatic carbocycles. The Morgan fingerprint density at radius 1 is 1.29 bits per heavy atom. The highest BCUT2D eigenvalue weighted by atomic mass is 32.2. The molecule has 0 aliphatic heterocycles. The first kappa shape index (κ1) is 17.5. The highest BCUT2D eigenvalue weighted by molar-refractivity contribution is 7.92. The van der Waals surface area contributed by atoms with E-state index in [1.807, 2.05) is 0 Å². The molecule has 1 amide bonds. The molecule has 0 unspecified atom stereocenters. The summed E-state index contributed by atoms with van der Waals surface area (Å²) in [5, 5.41) is 2.73. The summed E-state index contributed by atoms with van der Waals surface area (Å²) in [4.78, 5) is 12.2. The van der Waals surface area contributed by atoms with Crippen LogP contribution in [0.5, 0.6) is 0 Å². The van der Waals surface area contributed by atoms with Crippen molar-refractivity contribution in [1.82, 2.24) is 5.32 Å². The molecule has 0 bridgehead atoms. The number of hydrogen-bond acceptors (Lipinski definition) is 4. The van der Waals surface area contributed by atoms with Crippen molar-refractivity contribution >= 4 is 21.6 Å². The van der Waals surface area contributed by atoms with Gasteiger partial charge in [0.25, 0.3) is 0 Å². The van der Waals surface area contributed by atoms with Crippen LogP contribution in [0, 0.1) is 0 Å². The lowest BCUT2D eigenvalue weighted by Gasteiger charge is -2.29. The molecule has 0 fully saturated rings. The number of methoxy groups -OCH3 is 1. The van der Waals surface area contributed by atoms with Crippen LogP contribution in [-0.4, -0.2) is 46.4 Å². The number of sulfonamides is 1. The van der Waals surface area contributed by atoms with E-state index in [2.05, 4.69) is 5.32 Å². The third-order valence-electron chi connectivity index (χ3n) is 2.90. The molecule has 0 heterocycles. The zero-order valence-electron chi connectivity index (χ0n) is 12.7. The number of ether oxygens (including phenoxy) is 1. The average molecular weight is 314 g/mol. The maximum atomic E-state index is 12.2. The average Bonchev–Trinajstić information content (AvgIpc) is 2.38. The smallest absolute Gasteiger partial charge is 0.243 e. The fourth-order valence-electron chi connectivity index (χ4n) is 2.04. The van der Waals surface area contributed by atoms with Crippen molar-refractivity contribution < 1.29 is 17.9 Å². The molecule has 6 nitrogen and oxygen atoms in total. The second kappa shape index (κ2) is 7.42. The number of para-hydroxylation sites is 1. The van der Waals surface area contributed by atoms with Crippen LogP contribution < -0.4 is 9.62 Å². The largest absolute Gasteiger partial charge is 0.383 e. The first-order chi connectivity index (χ1) is 9.77. The van der Waals surface area contributed by atoms with Gasteiger partial charge in [-0.1, -0.05) is 18.2 Å². The predicted molar refractivity (Wildman–Crippen MR) is 82.7 cm³/mol. The predicted octanol–water partition coefficient (Wildman–Crippen LogP) is 0.992. The molecular formula is C14H22N2O4S. The topological polar surface area (TPSA) is 75.7 Å². The van der Waals surface area contributed by atoms with Gasteiger partial charge in [0.1, 0.15) is 6.04 Å². The lowest BCUT2D eigenvalue weighted by molar-refractivity contribution is -0.122. The van der Waals surface area contributed by atoms with E-state index in [9.17, 15) is 13.2 Å². The van der Waals surface area contributed by atoms with E-state index in [0.29, 0.717) is 12.3 Å². The van der Waals surface area contributed by atoms with Gasteiger partial charge in [0.05, 0.1) is 18.6 Å². The van der Waals surface area contributed by atoms with Gasteiger partial charge in [0, 0.05) is 13.2 Å². The molecule has 0 aromatic heterocycles. The van der Waals surface area contributed by atoms with Crippen LogP contribution >= 0.6 is 0 Å². The third kappa shape index (κ3) is 5.02. The quantitative estimate of drug-likeness (QED) is 0.814. The van der Waals surface area contributed by atoms with Crippen molar-refractivity contribution in [1.29, 1.82) is 0 Å². The van der Waals surface area contributed by atoms with Crippen molar-refractivity contribution in [3.63, 3.8) is 0 Å². The van der Waals surface area contributed by atoms with Gasteiger partial charge in [-0.25, -0.2) is 8.42 Å². The Morgan fingerprint density at radius 2 is 1.86 bits per heavy atom. The van der Waals surface area contributed by atoms with Crippen molar-refractivity contribution in [3.05, 3.63) is 30.3 Å². The number of nitrogens with zero attached hydrogens (tertiary/aromatic N) is 1. The molecule has 1 aromatic rings. The Balaban J connectivity index is 2.97. The number of anilines is 1. The van der Waals surface area contributed by atoms with Crippen molar-refractivity contribution in [2.75, 3.05) is 24.3 Å². The first-order valence-electron chi connectivity index (χ1n) is 6.61. The van der Waals surface area contributed by atoms with Crippen LogP contribution in [0.2, 0.25) is 0 Å². The summed E-state index contributed by atoms with van der Waals surface area (Å²) in [7, 11) is -2.03. The Bertz CT molecular complexity index is 560. The monoisotopic (exact) mass is 314 g/mol. The molecule has 7 heteroatoms. The van der Waals surface area contributed by atoms with Gasteiger partial charge < -0.3 is 10.1 Å². The van der Waals surface area contributed by atoms with Gasteiger partial charge >= 0.3 is 0 Å². The SMILES string of the molecule is COC[C@H](C)NC(=O)[C@H](C)N(c1ccccc1)S(C)(=O)=O. The van der Waals surface area contributed by atoms with Crippen LogP contribution in [0.15, 0.2) is 30.3 Å². The van der Waals surface area contributed by atoms with Crippen molar-refractivity contribution in [2.45, 2.75) is 25.9 Å². The van der Waals surface area contributed by atoms with Crippen LogP contribution in [0.1, 0.15) is 13.8 Å². The molecule has 0 saturated carbocycles. The number of rotatable bonds is 7. The van der Waals surface area contributed by atoms with E-state index in [-0.39, 0.29) is 11.9 Å². The fourth-order valence-corrected chi connectivity index (χ4v) is 3.21. The highest BCUT2D eigenvalue weighted by Crippen LogP contribution is 2.20. The second-order valence-corrected chi connectivity index (χ2v) is 6.79. The Hall–Kier alpha value is -1.60. The number of amides is 1. The van der Waals surface area contributed by atoms with Gasteiger partial charge in [0.2, 0.25) is 15.9 Å². The number of nitrogens with one attached hydrogen (secondary N) is 1. The zero-order chi connectivity index (χ0) is 16.0. The van der Waals surface area contributed by atoms with Crippen molar-refractivity contribution in [2.24, 2.45) is 0 Å². The van der Waals surface area contributed by atoms with Crippen LogP contribution in [0.3, 0.4) is 0 Å². The van der Waals surface area contributed by atoms with Gasteiger partial charge in [-0.3, -0.25) is 9.10 Å². The summed E-state index contributed by atoms with van der Waals surface area (Å²) in [6, 6.07) is 7.52. The number of carbonyl (C=O) groups excluding carboxylic acids is 1. The summed E-state index contributed by atoms with van der Waals surface area (Å²) in [5.74, 6) is -0.367. The Kier molecular flexibility index (Phi) is 6.17. The number of hydrogen-bond donors (Lipinski definition) is 1. The van der Waals surface area contributed by atoms with E-state index in [4.69, 9.17) is 4.74 Å². The minimum Gasteiger partial charge on any atom is -0.383 e. The molecule has 1 rings (SSSR count). The van der Waals surface area contributed by atoms with Gasteiger partial charge in [0.15, 0.2) is 0 Å². The first-order valence-corrected chi connectivity index (χ1v) is 8.46. The summed E-state index contributed by atoms with van der Waals surface area (Å²) >= 11 is 0. The summed E-state index contributed by atoms with van der Waals surface area (Å²) in [6.07, 6.45) is 1.09. The molecule has 0 aliphatic rings. The van der Waals surface area contributed by atoms with E-state index >= 15 is 0 Å². The van der Waals surface area contributed by atoms with E-state index < -0.39 is 16.1 Å². The minimum atomic E-state index is -3.57. The van der Waals surface area contributed by atoms with Gasteiger partial charge in [-0.2, -0.15) is 0 Å². The zero-order valence-corrected chi connectivity index (χ0v) is 13.6. The maximum absolute atomic E-state index is 12.2. The van der Waals surface area contributed by atoms with E-state index in [1.54, 1.807) is 51.3 Å². The fraction of sp³-hybridized carbons (Fsp3) is 0.500. The number of benzene rings is 1. The normalized spacial score (nSPS) is 14.3. The molecule has 1 aromatic carbocycles. The third-order valence-corrected chi connectivity index (χ3v) is 4.15. The minimum absolute atomic E-state index is 0.192. The lowest BCUT2D eigenvalue weighted by atomic mass is 10.2. The van der Waals surface area contributed by atoms with Crippen LogP contribution in [0.4, 0.5) is 5.69 Å². The molecule has 21 heavy (non-hydrogen) atoms. The van der Waals surface area contributed by atoms with Crippen molar-refractivity contribution in [3.8, 4) is 0 Å². The standard InChI is InChI=1S/C14H22N2O4S/c1-11(10-20-3)15-14(17)12(2)16(21(4,18)19)13-8-6-5-7-9-13/h5-9,11-12H,10H2,1-4H3,(H,15,17)/t11-,12-/m0/s1. The van der Waals surface area contributed by atoms with Crippen LogP contribution in [-0.2, 0) is 19.6 Å². The number of carbonyl (C=O) groups is 1. The molecule has 0 saturated heterocycles. The lowest BCUT2D eigenvalue weighted by Crippen LogP contribution is -2.50. The molecule has 0 radical (unpaired) electrons. The van der Waals surface area contributed by atoms with E-state index in [0.717, 1.165) is 10.6 Å². The highest BCUT2D eigenvalue weighted by Gasteiger charge is 2.29. The molecule has 2 atom stereocenters. The van der Waals surface area contributed by atoms with Crippen LogP contribution in [0.25, 0.3) is 0 Å². The van der Waals surface area contributed by atoms with E-state index in [1.165, 1.54) is 0 Å². The molecular weight excluding hydrogens is 292 g/mol. The maximum Gasteiger partial charge on any atom is 0.243 e. The Morgan fingerprint density at radius 3 is 2.33 bits per heavy atom. The van der Waals surface area contributed by atoms with Gasteiger partial charge in [-0.05, 0) is 26.0 Å². The molecule has 118 valence electrons. The molecule has 0 spiro atoms. The molecule has 1 N–H and O–H groups in total.